The lowest BCUT2D eigenvalue weighted by Crippen LogP contribution is -2.38. The molecule has 1 aromatic carbocycles. The third-order valence-corrected chi connectivity index (χ3v) is 3.92. The molecule has 5 nitrogen and oxygen atoms in total. The quantitative estimate of drug-likeness (QED) is 0.739. The summed E-state index contributed by atoms with van der Waals surface area (Å²) in [4.78, 5) is 14.3. The van der Waals surface area contributed by atoms with Crippen molar-refractivity contribution in [2.45, 2.75) is 18.9 Å². The molecule has 0 spiro atoms. The number of carbonyl (C=O) groups excluding carboxylic acids is 1. The topological polar surface area (TPSA) is 50.8 Å². The van der Waals surface area contributed by atoms with E-state index in [0.717, 1.165) is 37.4 Å². The molecule has 1 N–H and O–H groups in total. The zero-order valence-electron chi connectivity index (χ0n) is 13.1. The van der Waals surface area contributed by atoms with Crippen LogP contribution in [0.4, 0.5) is 0 Å². The molecule has 6 heteroatoms. The standard InChI is InChI=1S/C16H23ClN2O3/c1-19(8-9-21-2)7-3-6-18-16(20)15-11-12-10-13(17)4-5-14(12)22-15/h4-5,10,15H,3,6-9,11H2,1-2H3,(H,18,20). The molecule has 0 aliphatic carbocycles. The second-order valence-electron chi connectivity index (χ2n) is 5.50. The van der Waals surface area contributed by atoms with Gasteiger partial charge in [0.05, 0.1) is 6.61 Å². The van der Waals surface area contributed by atoms with Crippen LogP contribution < -0.4 is 10.1 Å². The summed E-state index contributed by atoms with van der Waals surface area (Å²) in [6.45, 7) is 3.18. The van der Waals surface area contributed by atoms with E-state index in [0.29, 0.717) is 18.0 Å². The fourth-order valence-electron chi connectivity index (χ4n) is 2.40. The summed E-state index contributed by atoms with van der Waals surface area (Å²) in [6, 6.07) is 5.45. The van der Waals surface area contributed by atoms with E-state index in [4.69, 9.17) is 21.1 Å². The van der Waals surface area contributed by atoms with Gasteiger partial charge in [0.25, 0.3) is 5.91 Å². The lowest BCUT2D eigenvalue weighted by atomic mass is 10.1. The van der Waals surface area contributed by atoms with E-state index in [9.17, 15) is 4.79 Å². The number of nitrogens with one attached hydrogen (secondary N) is 1. The fourth-order valence-corrected chi connectivity index (χ4v) is 2.59. The van der Waals surface area contributed by atoms with Crippen molar-refractivity contribution in [3.63, 3.8) is 0 Å². The molecule has 1 unspecified atom stereocenters. The largest absolute Gasteiger partial charge is 0.480 e. The van der Waals surface area contributed by atoms with E-state index in [2.05, 4.69) is 10.2 Å². The second kappa shape index (κ2) is 8.36. The molecule has 1 heterocycles. The third kappa shape index (κ3) is 4.87. The van der Waals surface area contributed by atoms with Crippen LogP contribution >= 0.6 is 11.6 Å². The molecule has 0 bridgehead atoms. The highest BCUT2D eigenvalue weighted by Crippen LogP contribution is 2.31. The Kier molecular flexibility index (Phi) is 6.49. The highest BCUT2D eigenvalue weighted by molar-refractivity contribution is 6.30. The van der Waals surface area contributed by atoms with Gasteiger partial charge < -0.3 is 19.7 Å². The summed E-state index contributed by atoms with van der Waals surface area (Å²) in [5.41, 5.74) is 0.993. The molecule has 1 aliphatic heterocycles. The molecule has 22 heavy (non-hydrogen) atoms. The number of likely N-dealkylation sites (N-methyl/N-ethyl adjacent to an activating group) is 1. The molecule has 0 saturated carbocycles. The van der Waals surface area contributed by atoms with Crippen molar-refractivity contribution in [2.75, 3.05) is 40.4 Å². The van der Waals surface area contributed by atoms with Gasteiger partial charge in [0.2, 0.25) is 0 Å². The number of hydrogen-bond donors (Lipinski definition) is 1. The van der Waals surface area contributed by atoms with Gasteiger partial charge in [-0.1, -0.05) is 11.6 Å². The van der Waals surface area contributed by atoms with E-state index < -0.39 is 6.10 Å². The molecular weight excluding hydrogens is 304 g/mol. The van der Waals surface area contributed by atoms with Gasteiger partial charge >= 0.3 is 0 Å². The summed E-state index contributed by atoms with van der Waals surface area (Å²) in [5, 5.41) is 3.60. The molecule has 122 valence electrons. The minimum atomic E-state index is -0.445. The van der Waals surface area contributed by atoms with Crippen LogP contribution in [0.1, 0.15) is 12.0 Å². The van der Waals surface area contributed by atoms with Crippen LogP contribution in [0.3, 0.4) is 0 Å². The van der Waals surface area contributed by atoms with Crippen molar-refractivity contribution in [3.05, 3.63) is 28.8 Å². The minimum absolute atomic E-state index is 0.0631. The SMILES string of the molecule is COCCN(C)CCCNC(=O)C1Cc2cc(Cl)ccc2O1. The summed E-state index contributed by atoms with van der Waals surface area (Å²) >= 11 is 5.95. The van der Waals surface area contributed by atoms with Gasteiger partial charge in [-0.15, -0.1) is 0 Å². The average Bonchev–Trinajstić information content (AvgIpc) is 2.92. The maximum absolute atomic E-state index is 12.1. The van der Waals surface area contributed by atoms with Gasteiger partial charge in [0.1, 0.15) is 5.75 Å². The Morgan fingerprint density at radius 3 is 3.09 bits per heavy atom. The third-order valence-electron chi connectivity index (χ3n) is 3.68. The maximum Gasteiger partial charge on any atom is 0.261 e. The Morgan fingerprint density at radius 1 is 1.50 bits per heavy atom. The molecule has 0 fully saturated rings. The van der Waals surface area contributed by atoms with E-state index in [-0.39, 0.29) is 5.91 Å². The lowest BCUT2D eigenvalue weighted by Gasteiger charge is -2.16. The number of halogens is 1. The van der Waals surface area contributed by atoms with E-state index in [1.165, 1.54) is 0 Å². The number of nitrogens with zero attached hydrogens (tertiary/aromatic N) is 1. The number of amides is 1. The van der Waals surface area contributed by atoms with Crippen molar-refractivity contribution in [3.8, 4) is 5.75 Å². The number of benzene rings is 1. The van der Waals surface area contributed by atoms with E-state index in [1.807, 2.05) is 19.2 Å². The smallest absolute Gasteiger partial charge is 0.261 e. The normalized spacial score (nSPS) is 16.5. The van der Waals surface area contributed by atoms with Crippen LogP contribution in [0.2, 0.25) is 5.02 Å². The van der Waals surface area contributed by atoms with Crippen LogP contribution in [0.5, 0.6) is 5.75 Å². The zero-order valence-corrected chi connectivity index (χ0v) is 13.9. The van der Waals surface area contributed by atoms with Crippen LogP contribution in [-0.2, 0) is 16.0 Å². The molecule has 1 aromatic rings. The summed E-state index contributed by atoms with van der Waals surface area (Å²) in [7, 11) is 3.74. The monoisotopic (exact) mass is 326 g/mol. The van der Waals surface area contributed by atoms with E-state index >= 15 is 0 Å². The second-order valence-corrected chi connectivity index (χ2v) is 5.94. The summed E-state index contributed by atoms with van der Waals surface area (Å²) in [5.74, 6) is 0.690. The molecule has 0 aromatic heterocycles. The number of rotatable bonds is 8. The summed E-state index contributed by atoms with van der Waals surface area (Å²) < 4.78 is 10.7. The van der Waals surface area contributed by atoms with Crippen molar-refractivity contribution in [1.29, 1.82) is 0 Å². The molecule has 1 atom stereocenters. The lowest BCUT2D eigenvalue weighted by molar-refractivity contribution is -0.127. The predicted molar refractivity (Wildman–Crippen MR) is 86.6 cm³/mol. The Morgan fingerprint density at radius 2 is 2.32 bits per heavy atom. The Hall–Kier alpha value is -1.30. The molecule has 1 amide bonds. The molecule has 1 aliphatic rings. The Balaban J connectivity index is 1.67. The first-order valence-electron chi connectivity index (χ1n) is 7.50. The van der Waals surface area contributed by atoms with Crippen LogP contribution in [-0.4, -0.2) is 57.3 Å². The summed E-state index contributed by atoms with van der Waals surface area (Å²) in [6.07, 6.45) is 1.03. The number of fused-ring (bicyclic) bond motifs is 1. The van der Waals surface area contributed by atoms with Gasteiger partial charge in [-0.2, -0.15) is 0 Å². The predicted octanol–water partition coefficient (Wildman–Crippen LogP) is 1.73. The first-order chi connectivity index (χ1) is 10.6. The van der Waals surface area contributed by atoms with E-state index in [1.54, 1.807) is 13.2 Å². The highest BCUT2D eigenvalue weighted by atomic mass is 35.5. The first-order valence-corrected chi connectivity index (χ1v) is 7.88. The fraction of sp³-hybridized carbons (Fsp3) is 0.562. The molecule has 0 saturated heterocycles. The number of carbonyl (C=O) groups is 1. The highest BCUT2D eigenvalue weighted by Gasteiger charge is 2.28. The molecule has 0 radical (unpaired) electrons. The number of ether oxygens (including phenoxy) is 2. The maximum atomic E-state index is 12.1. The number of hydrogen-bond acceptors (Lipinski definition) is 4. The van der Waals surface area contributed by atoms with Gasteiger partial charge in [0, 0.05) is 31.6 Å². The number of methoxy groups -OCH3 is 1. The first kappa shape index (κ1) is 17.1. The van der Waals surface area contributed by atoms with Gasteiger partial charge in [0.15, 0.2) is 6.10 Å². The van der Waals surface area contributed by atoms with Crippen LogP contribution in [0, 0.1) is 0 Å². The van der Waals surface area contributed by atoms with Gasteiger partial charge in [-0.05, 0) is 43.8 Å². The van der Waals surface area contributed by atoms with Crippen molar-refractivity contribution in [1.82, 2.24) is 10.2 Å². The average molecular weight is 327 g/mol. The van der Waals surface area contributed by atoms with Crippen molar-refractivity contribution >= 4 is 17.5 Å². The Labute approximate surface area is 136 Å². The van der Waals surface area contributed by atoms with Gasteiger partial charge in [-0.3, -0.25) is 4.79 Å². The van der Waals surface area contributed by atoms with Crippen molar-refractivity contribution in [2.24, 2.45) is 0 Å². The van der Waals surface area contributed by atoms with Crippen molar-refractivity contribution < 1.29 is 14.3 Å². The minimum Gasteiger partial charge on any atom is -0.480 e. The molecular formula is C16H23ClN2O3. The zero-order chi connectivity index (χ0) is 15.9. The van der Waals surface area contributed by atoms with Crippen LogP contribution in [0.25, 0.3) is 0 Å². The Bertz CT molecular complexity index is 510. The van der Waals surface area contributed by atoms with Crippen LogP contribution in [0.15, 0.2) is 18.2 Å². The molecule has 2 rings (SSSR count). The van der Waals surface area contributed by atoms with Gasteiger partial charge in [-0.25, -0.2) is 0 Å².